The third-order valence-corrected chi connectivity index (χ3v) is 4.72. The lowest BCUT2D eigenvalue weighted by molar-refractivity contribution is 0.0257. The van der Waals surface area contributed by atoms with Crippen LogP contribution in [0.5, 0.6) is 0 Å². The molecular weight excluding hydrogens is 266 g/mol. The van der Waals surface area contributed by atoms with Gasteiger partial charge in [-0.05, 0) is 39.5 Å². The minimum Gasteiger partial charge on any atom is -0.444 e. The molecule has 1 saturated carbocycles. The lowest BCUT2D eigenvalue weighted by Crippen LogP contribution is -2.36. The Labute approximate surface area is 128 Å². The number of carbonyl (C=O) groups excluding carboxylic acids is 1. The first-order valence-corrected chi connectivity index (χ1v) is 8.51. The van der Waals surface area contributed by atoms with E-state index < -0.39 is 5.60 Å². The summed E-state index contributed by atoms with van der Waals surface area (Å²) in [4.78, 5) is 13.8. The quantitative estimate of drug-likeness (QED) is 0.866. The van der Waals surface area contributed by atoms with Crippen molar-refractivity contribution in [2.45, 2.75) is 77.4 Å². The monoisotopic (exact) mass is 297 g/mol. The maximum absolute atomic E-state index is 12.0. The Bertz CT molecular complexity index is 344. The SMILES string of the molecule is CC(C)(C)OC(=O)N1CCC(C(O)CC2CCCCC2)C1. The minimum absolute atomic E-state index is 0.222. The van der Waals surface area contributed by atoms with Crippen molar-refractivity contribution in [1.82, 2.24) is 4.90 Å². The molecule has 1 aliphatic heterocycles. The van der Waals surface area contributed by atoms with E-state index in [4.69, 9.17) is 4.74 Å². The number of hydrogen-bond donors (Lipinski definition) is 1. The Balaban J connectivity index is 1.77. The van der Waals surface area contributed by atoms with Crippen LogP contribution in [0.25, 0.3) is 0 Å². The van der Waals surface area contributed by atoms with Crippen molar-refractivity contribution in [1.29, 1.82) is 0 Å². The summed E-state index contributed by atoms with van der Waals surface area (Å²) in [6.07, 6.45) is 7.80. The first-order valence-electron chi connectivity index (χ1n) is 8.51. The maximum Gasteiger partial charge on any atom is 0.410 e. The first-order chi connectivity index (χ1) is 9.85. The van der Waals surface area contributed by atoms with E-state index in [1.165, 1.54) is 32.1 Å². The molecule has 2 unspecified atom stereocenters. The molecule has 1 heterocycles. The zero-order valence-corrected chi connectivity index (χ0v) is 13.8. The van der Waals surface area contributed by atoms with E-state index in [0.29, 0.717) is 19.0 Å². The highest BCUT2D eigenvalue weighted by molar-refractivity contribution is 5.68. The molecule has 0 bridgehead atoms. The zero-order valence-electron chi connectivity index (χ0n) is 13.8. The second kappa shape index (κ2) is 6.99. The zero-order chi connectivity index (χ0) is 15.5. The Morgan fingerprint density at radius 1 is 1.24 bits per heavy atom. The van der Waals surface area contributed by atoms with Gasteiger partial charge in [-0.2, -0.15) is 0 Å². The molecule has 1 saturated heterocycles. The Hall–Kier alpha value is -0.770. The fourth-order valence-corrected chi connectivity index (χ4v) is 3.55. The topological polar surface area (TPSA) is 49.8 Å². The smallest absolute Gasteiger partial charge is 0.410 e. The number of ether oxygens (including phenoxy) is 1. The van der Waals surface area contributed by atoms with Gasteiger partial charge in [0.15, 0.2) is 0 Å². The standard InChI is InChI=1S/C17H31NO3/c1-17(2,3)21-16(20)18-10-9-14(12-18)15(19)11-13-7-5-4-6-8-13/h13-15,19H,4-12H2,1-3H3. The maximum atomic E-state index is 12.0. The third kappa shape index (κ3) is 5.17. The van der Waals surface area contributed by atoms with Gasteiger partial charge in [0, 0.05) is 19.0 Å². The molecule has 1 N–H and O–H groups in total. The van der Waals surface area contributed by atoms with Gasteiger partial charge in [0.2, 0.25) is 0 Å². The molecule has 0 aromatic carbocycles. The largest absolute Gasteiger partial charge is 0.444 e. The highest BCUT2D eigenvalue weighted by Crippen LogP contribution is 2.31. The number of carbonyl (C=O) groups is 1. The summed E-state index contributed by atoms with van der Waals surface area (Å²) in [7, 11) is 0. The summed E-state index contributed by atoms with van der Waals surface area (Å²) < 4.78 is 5.41. The number of nitrogens with zero attached hydrogens (tertiary/aromatic N) is 1. The number of aliphatic hydroxyl groups excluding tert-OH is 1. The van der Waals surface area contributed by atoms with Crippen molar-refractivity contribution in [3.63, 3.8) is 0 Å². The van der Waals surface area contributed by atoms with E-state index in [-0.39, 0.29) is 18.1 Å². The molecule has 0 aromatic rings. The van der Waals surface area contributed by atoms with Crippen LogP contribution in [-0.4, -0.2) is 40.9 Å². The van der Waals surface area contributed by atoms with Gasteiger partial charge in [-0.25, -0.2) is 4.79 Å². The molecule has 122 valence electrons. The van der Waals surface area contributed by atoms with E-state index >= 15 is 0 Å². The average molecular weight is 297 g/mol. The van der Waals surface area contributed by atoms with Crippen LogP contribution in [0.3, 0.4) is 0 Å². The van der Waals surface area contributed by atoms with Gasteiger partial charge in [-0.15, -0.1) is 0 Å². The first kappa shape index (κ1) is 16.6. The summed E-state index contributed by atoms with van der Waals surface area (Å²) in [5.41, 5.74) is -0.449. The van der Waals surface area contributed by atoms with Crippen molar-refractivity contribution < 1.29 is 14.6 Å². The van der Waals surface area contributed by atoms with Crippen molar-refractivity contribution >= 4 is 6.09 Å². The molecule has 2 aliphatic rings. The summed E-state index contributed by atoms with van der Waals surface area (Å²) in [6.45, 7) is 7.01. The summed E-state index contributed by atoms with van der Waals surface area (Å²) in [6, 6.07) is 0. The number of rotatable bonds is 3. The fraction of sp³-hybridized carbons (Fsp3) is 0.941. The Kier molecular flexibility index (Phi) is 5.53. The average Bonchev–Trinajstić information content (AvgIpc) is 2.87. The van der Waals surface area contributed by atoms with Gasteiger partial charge < -0.3 is 14.7 Å². The van der Waals surface area contributed by atoms with E-state index in [1.54, 1.807) is 4.90 Å². The predicted octanol–water partition coefficient (Wildman–Crippen LogP) is 3.57. The fourth-order valence-electron chi connectivity index (χ4n) is 3.55. The highest BCUT2D eigenvalue weighted by atomic mass is 16.6. The van der Waals surface area contributed by atoms with Gasteiger partial charge in [-0.3, -0.25) is 0 Å². The minimum atomic E-state index is -0.449. The van der Waals surface area contributed by atoms with Crippen LogP contribution >= 0.6 is 0 Å². The Morgan fingerprint density at radius 2 is 1.90 bits per heavy atom. The van der Waals surface area contributed by atoms with Gasteiger partial charge in [0.05, 0.1) is 6.10 Å². The van der Waals surface area contributed by atoms with Crippen LogP contribution in [0.1, 0.15) is 65.7 Å². The molecule has 2 rings (SSSR count). The number of aliphatic hydroxyl groups is 1. The lowest BCUT2D eigenvalue weighted by Gasteiger charge is -2.27. The molecule has 0 spiro atoms. The molecule has 1 amide bonds. The molecule has 2 fully saturated rings. The predicted molar refractivity (Wildman–Crippen MR) is 83.1 cm³/mol. The van der Waals surface area contributed by atoms with Crippen LogP contribution in [0, 0.1) is 11.8 Å². The van der Waals surface area contributed by atoms with Gasteiger partial charge >= 0.3 is 6.09 Å². The third-order valence-electron chi connectivity index (χ3n) is 4.72. The van der Waals surface area contributed by atoms with Crippen molar-refractivity contribution in [2.24, 2.45) is 11.8 Å². The molecule has 0 aromatic heterocycles. The second-order valence-corrected chi connectivity index (χ2v) is 7.78. The van der Waals surface area contributed by atoms with Crippen LogP contribution in [0.2, 0.25) is 0 Å². The number of hydrogen-bond acceptors (Lipinski definition) is 3. The van der Waals surface area contributed by atoms with Crippen molar-refractivity contribution in [2.75, 3.05) is 13.1 Å². The Morgan fingerprint density at radius 3 is 2.52 bits per heavy atom. The normalized spacial score (nSPS) is 25.9. The molecule has 4 nitrogen and oxygen atoms in total. The number of likely N-dealkylation sites (tertiary alicyclic amines) is 1. The summed E-state index contributed by atoms with van der Waals surface area (Å²) in [5.74, 6) is 0.906. The van der Waals surface area contributed by atoms with E-state index in [9.17, 15) is 9.90 Å². The van der Waals surface area contributed by atoms with Crippen LogP contribution in [0.15, 0.2) is 0 Å². The summed E-state index contributed by atoms with van der Waals surface area (Å²) in [5, 5.41) is 10.5. The van der Waals surface area contributed by atoms with Crippen LogP contribution < -0.4 is 0 Å². The molecule has 2 atom stereocenters. The van der Waals surface area contributed by atoms with Crippen LogP contribution in [-0.2, 0) is 4.74 Å². The summed E-state index contributed by atoms with van der Waals surface area (Å²) >= 11 is 0. The van der Waals surface area contributed by atoms with Crippen molar-refractivity contribution in [3.05, 3.63) is 0 Å². The van der Waals surface area contributed by atoms with Crippen LogP contribution in [0.4, 0.5) is 4.79 Å². The van der Waals surface area contributed by atoms with Gasteiger partial charge in [0.1, 0.15) is 5.60 Å². The van der Waals surface area contributed by atoms with Gasteiger partial charge in [-0.1, -0.05) is 32.1 Å². The van der Waals surface area contributed by atoms with E-state index in [0.717, 1.165) is 12.8 Å². The molecular formula is C17H31NO3. The molecule has 0 radical (unpaired) electrons. The molecule has 4 heteroatoms. The van der Waals surface area contributed by atoms with E-state index in [2.05, 4.69) is 0 Å². The second-order valence-electron chi connectivity index (χ2n) is 7.78. The van der Waals surface area contributed by atoms with Gasteiger partial charge in [0.25, 0.3) is 0 Å². The number of amides is 1. The molecule has 1 aliphatic carbocycles. The highest BCUT2D eigenvalue weighted by Gasteiger charge is 2.34. The lowest BCUT2D eigenvalue weighted by atomic mass is 9.82. The van der Waals surface area contributed by atoms with Crippen molar-refractivity contribution in [3.8, 4) is 0 Å². The molecule has 21 heavy (non-hydrogen) atoms. The van der Waals surface area contributed by atoms with E-state index in [1.807, 2.05) is 20.8 Å².